The fourth-order valence-electron chi connectivity index (χ4n) is 1.13. The van der Waals surface area contributed by atoms with E-state index in [1.54, 1.807) is 5.01 Å². The minimum absolute atomic E-state index is 0.541. The first-order chi connectivity index (χ1) is 7.58. The molecule has 0 bridgehead atoms. The lowest BCUT2D eigenvalue weighted by Crippen LogP contribution is -2.05. The molecular formula is C13H20N2O. The normalized spacial score (nSPS) is 11.1. The Labute approximate surface area is 97.7 Å². The third-order valence-electron chi connectivity index (χ3n) is 1.88. The Morgan fingerprint density at radius 1 is 1.38 bits per heavy atom. The predicted molar refractivity (Wildman–Crippen MR) is 68.1 cm³/mol. The van der Waals surface area contributed by atoms with Crippen LogP contribution in [-0.4, -0.2) is 31.9 Å². The molecule has 0 aromatic heterocycles. The maximum Gasteiger partial charge on any atom is 0.119 e. The zero-order valence-electron chi connectivity index (χ0n) is 10.5. The Kier molecular flexibility index (Phi) is 4.83. The van der Waals surface area contributed by atoms with Crippen LogP contribution in [0.2, 0.25) is 0 Å². The summed E-state index contributed by atoms with van der Waals surface area (Å²) in [7, 11) is 3.80. The summed E-state index contributed by atoms with van der Waals surface area (Å²) in [6, 6.07) is 7.95. The third kappa shape index (κ3) is 4.82. The molecule has 1 aromatic rings. The van der Waals surface area contributed by atoms with E-state index in [0.29, 0.717) is 5.92 Å². The van der Waals surface area contributed by atoms with E-state index in [9.17, 15) is 0 Å². The lowest BCUT2D eigenvalue weighted by molar-refractivity contribution is 0.271. The average Bonchev–Trinajstić information content (AvgIpc) is 2.24. The Morgan fingerprint density at radius 2 is 2.12 bits per heavy atom. The number of hydrogen-bond acceptors (Lipinski definition) is 3. The highest BCUT2D eigenvalue weighted by Gasteiger charge is 1.97. The van der Waals surface area contributed by atoms with Crippen molar-refractivity contribution in [2.45, 2.75) is 13.8 Å². The van der Waals surface area contributed by atoms with Gasteiger partial charge in [0.05, 0.1) is 12.8 Å². The Balaban J connectivity index is 2.64. The summed E-state index contributed by atoms with van der Waals surface area (Å²) in [6.45, 7) is 5.02. The second kappa shape index (κ2) is 6.16. The van der Waals surface area contributed by atoms with Gasteiger partial charge in [-0.3, -0.25) is 0 Å². The van der Waals surface area contributed by atoms with Crippen LogP contribution in [-0.2, 0) is 0 Å². The van der Waals surface area contributed by atoms with Crippen LogP contribution < -0.4 is 4.74 Å². The largest absolute Gasteiger partial charge is 0.493 e. The topological polar surface area (TPSA) is 24.8 Å². The van der Waals surface area contributed by atoms with Crippen molar-refractivity contribution in [1.29, 1.82) is 0 Å². The summed E-state index contributed by atoms with van der Waals surface area (Å²) < 4.78 is 5.64. The van der Waals surface area contributed by atoms with Crippen LogP contribution in [0.5, 0.6) is 5.75 Å². The van der Waals surface area contributed by atoms with Crippen molar-refractivity contribution in [3.8, 4) is 5.75 Å². The van der Waals surface area contributed by atoms with Crippen LogP contribution in [0, 0.1) is 5.92 Å². The first kappa shape index (κ1) is 12.6. The van der Waals surface area contributed by atoms with Gasteiger partial charge in [-0.15, -0.1) is 0 Å². The number of benzene rings is 1. The number of hydrogen-bond donors (Lipinski definition) is 0. The van der Waals surface area contributed by atoms with Crippen molar-refractivity contribution >= 4 is 6.21 Å². The van der Waals surface area contributed by atoms with Crippen LogP contribution in [0.3, 0.4) is 0 Å². The molecule has 0 aliphatic heterocycles. The van der Waals surface area contributed by atoms with Crippen LogP contribution in [0.1, 0.15) is 19.4 Å². The fourth-order valence-corrected chi connectivity index (χ4v) is 1.13. The SMILES string of the molecule is CC(C)COc1cccc(/C=N/N(C)C)c1. The van der Waals surface area contributed by atoms with Gasteiger partial charge < -0.3 is 9.75 Å². The molecule has 0 fully saturated rings. The van der Waals surface area contributed by atoms with Gasteiger partial charge in [-0.05, 0) is 23.6 Å². The second-order valence-electron chi connectivity index (χ2n) is 4.37. The van der Waals surface area contributed by atoms with Gasteiger partial charge in [0.25, 0.3) is 0 Å². The predicted octanol–water partition coefficient (Wildman–Crippen LogP) is 2.62. The van der Waals surface area contributed by atoms with E-state index in [2.05, 4.69) is 18.9 Å². The molecule has 0 saturated carbocycles. The Bertz CT molecular complexity index is 346. The maximum atomic E-state index is 5.64. The lowest BCUT2D eigenvalue weighted by Gasteiger charge is -2.09. The zero-order chi connectivity index (χ0) is 12.0. The van der Waals surface area contributed by atoms with Crippen molar-refractivity contribution in [3.05, 3.63) is 29.8 Å². The minimum atomic E-state index is 0.541. The standard InChI is InChI=1S/C13H20N2O/c1-11(2)10-16-13-7-5-6-12(8-13)9-14-15(3)4/h5-9,11H,10H2,1-4H3/b14-9+. The number of rotatable bonds is 5. The van der Waals surface area contributed by atoms with E-state index in [1.807, 2.05) is 44.6 Å². The summed E-state index contributed by atoms with van der Waals surface area (Å²) in [5.74, 6) is 1.44. The highest BCUT2D eigenvalue weighted by molar-refractivity contribution is 5.79. The first-order valence-corrected chi connectivity index (χ1v) is 5.52. The van der Waals surface area contributed by atoms with Crippen molar-refractivity contribution in [2.75, 3.05) is 20.7 Å². The lowest BCUT2D eigenvalue weighted by atomic mass is 10.2. The third-order valence-corrected chi connectivity index (χ3v) is 1.88. The van der Waals surface area contributed by atoms with Crippen molar-refractivity contribution in [1.82, 2.24) is 5.01 Å². The van der Waals surface area contributed by atoms with E-state index in [0.717, 1.165) is 17.9 Å². The van der Waals surface area contributed by atoms with Crippen molar-refractivity contribution in [2.24, 2.45) is 11.0 Å². The molecule has 16 heavy (non-hydrogen) atoms. The molecule has 1 rings (SSSR count). The molecule has 1 aromatic carbocycles. The minimum Gasteiger partial charge on any atom is -0.493 e. The van der Waals surface area contributed by atoms with Gasteiger partial charge in [-0.25, -0.2) is 0 Å². The Morgan fingerprint density at radius 3 is 2.75 bits per heavy atom. The molecule has 0 saturated heterocycles. The molecule has 0 spiro atoms. The van der Waals surface area contributed by atoms with Gasteiger partial charge in [-0.2, -0.15) is 5.10 Å². The average molecular weight is 220 g/mol. The van der Waals surface area contributed by atoms with Crippen LogP contribution in [0.15, 0.2) is 29.4 Å². The van der Waals surface area contributed by atoms with Crippen molar-refractivity contribution in [3.63, 3.8) is 0 Å². The van der Waals surface area contributed by atoms with Crippen LogP contribution in [0.25, 0.3) is 0 Å². The summed E-state index contributed by atoms with van der Waals surface area (Å²) in [6.07, 6.45) is 1.82. The summed E-state index contributed by atoms with van der Waals surface area (Å²) >= 11 is 0. The highest BCUT2D eigenvalue weighted by Crippen LogP contribution is 2.13. The monoisotopic (exact) mass is 220 g/mol. The summed E-state index contributed by atoms with van der Waals surface area (Å²) in [5, 5.41) is 5.95. The van der Waals surface area contributed by atoms with Gasteiger partial charge in [-0.1, -0.05) is 26.0 Å². The van der Waals surface area contributed by atoms with E-state index in [4.69, 9.17) is 4.74 Å². The van der Waals surface area contributed by atoms with Gasteiger partial charge in [0.15, 0.2) is 0 Å². The quantitative estimate of drug-likeness (QED) is 0.563. The Hall–Kier alpha value is -1.51. The molecule has 0 heterocycles. The van der Waals surface area contributed by atoms with Crippen LogP contribution >= 0.6 is 0 Å². The molecule has 0 unspecified atom stereocenters. The zero-order valence-corrected chi connectivity index (χ0v) is 10.5. The van der Waals surface area contributed by atoms with E-state index < -0.39 is 0 Å². The second-order valence-corrected chi connectivity index (χ2v) is 4.37. The highest BCUT2D eigenvalue weighted by atomic mass is 16.5. The number of nitrogens with zero attached hydrogens (tertiary/aromatic N) is 2. The first-order valence-electron chi connectivity index (χ1n) is 5.52. The number of ether oxygens (including phenoxy) is 1. The summed E-state index contributed by atoms with van der Waals surface area (Å²) in [4.78, 5) is 0. The molecule has 0 N–H and O–H groups in total. The van der Waals surface area contributed by atoms with E-state index >= 15 is 0 Å². The molecule has 0 aliphatic rings. The molecular weight excluding hydrogens is 200 g/mol. The fraction of sp³-hybridized carbons (Fsp3) is 0.462. The molecule has 0 amide bonds. The van der Waals surface area contributed by atoms with Gasteiger partial charge in [0.1, 0.15) is 5.75 Å². The molecule has 0 aliphatic carbocycles. The molecule has 88 valence electrons. The molecule has 3 heteroatoms. The maximum absolute atomic E-state index is 5.64. The molecule has 3 nitrogen and oxygen atoms in total. The van der Waals surface area contributed by atoms with Crippen molar-refractivity contribution < 1.29 is 4.74 Å². The van der Waals surface area contributed by atoms with E-state index in [1.165, 1.54) is 0 Å². The molecule has 0 atom stereocenters. The molecule has 0 radical (unpaired) electrons. The summed E-state index contributed by atoms with van der Waals surface area (Å²) in [5.41, 5.74) is 1.05. The van der Waals surface area contributed by atoms with E-state index in [-0.39, 0.29) is 0 Å². The van der Waals surface area contributed by atoms with Gasteiger partial charge in [0.2, 0.25) is 0 Å². The van der Waals surface area contributed by atoms with Gasteiger partial charge >= 0.3 is 0 Å². The number of hydrazone groups is 1. The van der Waals surface area contributed by atoms with Crippen LogP contribution in [0.4, 0.5) is 0 Å². The smallest absolute Gasteiger partial charge is 0.119 e. The van der Waals surface area contributed by atoms with Gasteiger partial charge in [0, 0.05) is 14.1 Å².